The summed E-state index contributed by atoms with van der Waals surface area (Å²) in [6, 6.07) is 0. The third-order valence-corrected chi connectivity index (χ3v) is 4.60. The molecular weight excluding hydrogens is 348 g/mol. The number of ether oxygens (including phenoxy) is 8. The standard InChI is InChI=1S/C17H28O9/c1-2-3-16(23-8-12-4-19-12,24-9-13-5-20-13)17(18,25-10-14-6-21-14)26-11-15-7-22-15/h12-15,18H,2-11H2,1H3. The largest absolute Gasteiger partial charge is 0.371 e. The average Bonchev–Trinajstić information content (AvgIpc) is 3.50. The van der Waals surface area contributed by atoms with E-state index in [0.717, 1.165) is 0 Å². The number of aliphatic hydroxyl groups is 1. The molecule has 4 heterocycles. The zero-order valence-electron chi connectivity index (χ0n) is 15.1. The Kier molecular flexibility index (Phi) is 5.80. The van der Waals surface area contributed by atoms with Crippen LogP contribution in [0.4, 0.5) is 0 Å². The Morgan fingerprint density at radius 3 is 1.38 bits per heavy atom. The Labute approximate surface area is 152 Å². The van der Waals surface area contributed by atoms with Crippen LogP contribution in [0.1, 0.15) is 19.8 Å². The first-order valence-corrected chi connectivity index (χ1v) is 9.37. The van der Waals surface area contributed by atoms with Gasteiger partial charge in [-0.2, -0.15) is 0 Å². The lowest BCUT2D eigenvalue weighted by molar-refractivity contribution is -0.490. The van der Waals surface area contributed by atoms with Gasteiger partial charge in [0.2, 0.25) is 0 Å². The van der Waals surface area contributed by atoms with Crippen LogP contribution in [0.25, 0.3) is 0 Å². The van der Waals surface area contributed by atoms with Crippen LogP contribution in [0, 0.1) is 0 Å². The van der Waals surface area contributed by atoms with Gasteiger partial charge in [0, 0.05) is 6.42 Å². The summed E-state index contributed by atoms with van der Waals surface area (Å²) in [6.45, 7) is 5.45. The summed E-state index contributed by atoms with van der Waals surface area (Å²) in [5, 5.41) is 11.4. The number of hydrogen-bond acceptors (Lipinski definition) is 9. The summed E-state index contributed by atoms with van der Waals surface area (Å²) >= 11 is 0. The fourth-order valence-corrected chi connectivity index (χ4v) is 2.64. The monoisotopic (exact) mass is 376 g/mol. The summed E-state index contributed by atoms with van der Waals surface area (Å²) in [7, 11) is 0. The molecule has 4 aliphatic rings. The van der Waals surface area contributed by atoms with E-state index in [1.165, 1.54) is 0 Å². The Bertz CT molecular complexity index is 425. The van der Waals surface area contributed by atoms with Gasteiger partial charge in [0.05, 0.1) is 52.9 Å². The second-order valence-electron chi connectivity index (χ2n) is 7.15. The van der Waals surface area contributed by atoms with Gasteiger partial charge >= 0.3 is 5.97 Å². The molecule has 0 bridgehead atoms. The van der Waals surface area contributed by atoms with Crippen molar-refractivity contribution >= 4 is 0 Å². The zero-order chi connectivity index (χ0) is 18.0. The van der Waals surface area contributed by atoms with Crippen LogP contribution in [0.2, 0.25) is 0 Å². The minimum atomic E-state index is -2.08. The first-order chi connectivity index (χ1) is 12.6. The molecule has 150 valence electrons. The van der Waals surface area contributed by atoms with Gasteiger partial charge in [0.15, 0.2) is 0 Å². The highest BCUT2D eigenvalue weighted by molar-refractivity contribution is 4.86. The minimum absolute atomic E-state index is 0.00906. The van der Waals surface area contributed by atoms with Crippen LogP contribution in [-0.4, -0.2) is 94.1 Å². The Balaban J connectivity index is 1.49. The van der Waals surface area contributed by atoms with E-state index in [0.29, 0.717) is 52.5 Å². The average molecular weight is 376 g/mol. The molecule has 4 atom stereocenters. The van der Waals surface area contributed by atoms with Crippen molar-refractivity contribution in [3.05, 3.63) is 0 Å². The van der Waals surface area contributed by atoms with Gasteiger partial charge in [-0.1, -0.05) is 13.3 Å². The van der Waals surface area contributed by atoms with Crippen molar-refractivity contribution in [3.8, 4) is 0 Å². The van der Waals surface area contributed by atoms with Gasteiger partial charge in [-0.05, 0) is 0 Å². The fraction of sp³-hybridized carbons (Fsp3) is 1.00. The molecule has 26 heavy (non-hydrogen) atoms. The molecule has 4 rings (SSSR count). The Hall–Kier alpha value is -0.360. The molecule has 0 aromatic rings. The predicted octanol–water partition coefficient (Wildman–Crippen LogP) is -0.209. The summed E-state index contributed by atoms with van der Waals surface area (Å²) < 4.78 is 44.5. The number of rotatable bonds is 15. The Morgan fingerprint density at radius 1 is 0.731 bits per heavy atom. The maximum absolute atomic E-state index is 11.4. The van der Waals surface area contributed by atoms with Crippen LogP contribution < -0.4 is 0 Å². The van der Waals surface area contributed by atoms with Gasteiger partial charge in [-0.15, -0.1) is 0 Å². The van der Waals surface area contributed by atoms with E-state index in [-0.39, 0.29) is 37.6 Å². The van der Waals surface area contributed by atoms with Crippen molar-refractivity contribution < 1.29 is 43.0 Å². The highest BCUT2D eigenvalue weighted by Gasteiger charge is 2.58. The van der Waals surface area contributed by atoms with E-state index in [4.69, 9.17) is 37.9 Å². The van der Waals surface area contributed by atoms with Crippen LogP contribution in [0.3, 0.4) is 0 Å². The summed E-state index contributed by atoms with van der Waals surface area (Å²) in [4.78, 5) is 0. The van der Waals surface area contributed by atoms with Crippen LogP contribution >= 0.6 is 0 Å². The molecule has 0 spiro atoms. The van der Waals surface area contributed by atoms with E-state index >= 15 is 0 Å². The first kappa shape index (κ1) is 19.0. The molecule has 0 aliphatic carbocycles. The molecule has 4 unspecified atom stereocenters. The molecule has 0 radical (unpaired) electrons. The second-order valence-corrected chi connectivity index (χ2v) is 7.15. The van der Waals surface area contributed by atoms with E-state index in [1.54, 1.807) is 0 Å². The topological polar surface area (TPSA) is 107 Å². The van der Waals surface area contributed by atoms with E-state index < -0.39 is 11.8 Å². The smallest absolute Gasteiger partial charge is 0.338 e. The lowest BCUT2D eigenvalue weighted by Crippen LogP contribution is -2.62. The van der Waals surface area contributed by atoms with E-state index in [1.807, 2.05) is 6.92 Å². The summed E-state index contributed by atoms with van der Waals surface area (Å²) in [5.41, 5.74) is 0. The van der Waals surface area contributed by atoms with Gasteiger partial charge < -0.3 is 43.0 Å². The quantitative estimate of drug-likeness (QED) is 0.307. The van der Waals surface area contributed by atoms with Crippen LogP contribution in [-0.2, 0) is 37.9 Å². The lowest BCUT2D eigenvalue weighted by atomic mass is 10.1. The highest BCUT2D eigenvalue weighted by atomic mass is 16.9. The molecule has 4 saturated heterocycles. The van der Waals surface area contributed by atoms with Crippen molar-refractivity contribution in [2.24, 2.45) is 0 Å². The van der Waals surface area contributed by atoms with Gasteiger partial charge in [-0.3, -0.25) is 0 Å². The molecule has 4 aliphatic heterocycles. The molecule has 9 nitrogen and oxygen atoms in total. The normalized spacial score (nSPS) is 36.2. The van der Waals surface area contributed by atoms with Crippen molar-refractivity contribution in [3.63, 3.8) is 0 Å². The first-order valence-electron chi connectivity index (χ1n) is 9.37. The van der Waals surface area contributed by atoms with Gasteiger partial charge in [0.1, 0.15) is 24.4 Å². The molecule has 0 aromatic heterocycles. The zero-order valence-corrected chi connectivity index (χ0v) is 15.1. The minimum Gasteiger partial charge on any atom is -0.371 e. The third-order valence-electron chi connectivity index (χ3n) is 4.60. The molecule has 0 aromatic carbocycles. The maximum Gasteiger partial charge on any atom is 0.338 e. The summed E-state index contributed by atoms with van der Waals surface area (Å²) in [6.07, 6.45) is 1.02. The molecule has 1 N–H and O–H groups in total. The molecule has 0 saturated carbocycles. The highest BCUT2D eigenvalue weighted by Crippen LogP contribution is 2.38. The van der Waals surface area contributed by atoms with Crippen molar-refractivity contribution in [1.82, 2.24) is 0 Å². The second kappa shape index (κ2) is 7.94. The van der Waals surface area contributed by atoms with Crippen molar-refractivity contribution in [1.29, 1.82) is 0 Å². The van der Waals surface area contributed by atoms with E-state index in [9.17, 15) is 5.11 Å². The lowest BCUT2D eigenvalue weighted by Gasteiger charge is -2.44. The van der Waals surface area contributed by atoms with Gasteiger partial charge in [0.25, 0.3) is 5.79 Å². The van der Waals surface area contributed by atoms with Crippen LogP contribution in [0.15, 0.2) is 0 Å². The fourth-order valence-electron chi connectivity index (χ4n) is 2.64. The van der Waals surface area contributed by atoms with E-state index in [2.05, 4.69) is 0 Å². The van der Waals surface area contributed by atoms with Crippen LogP contribution in [0.5, 0.6) is 0 Å². The molecule has 4 fully saturated rings. The number of epoxide rings is 4. The SMILES string of the molecule is CCCC(OCC1CO1)(OCC1CO1)C(O)(OCC1CO1)OCC1CO1. The predicted molar refractivity (Wildman–Crippen MR) is 85.4 cm³/mol. The summed E-state index contributed by atoms with van der Waals surface area (Å²) in [5.74, 6) is -3.56. The van der Waals surface area contributed by atoms with Gasteiger partial charge in [-0.25, -0.2) is 0 Å². The molecular formula is C17H28O9. The Morgan fingerprint density at radius 2 is 1.08 bits per heavy atom. The number of hydrogen-bond donors (Lipinski definition) is 1. The van der Waals surface area contributed by atoms with Crippen molar-refractivity contribution in [2.75, 3.05) is 52.9 Å². The third kappa shape index (κ3) is 5.12. The molecule has 9 heteroatoms. The van der Waals surface area contributed by atoms with Crippen molar-refractivity contribution in [2.45, 2.75) is 55.9 Å². The molecule has 0 amide bonds. The maximum atomic E-state index is 11.4.